The Bertz CT molecular complexity index is 1200. The lowest BCUT2D eigenvalue weighted by atomic mass is 10.1. The molecular weight excluding hydrogens is 417 g/mol. The Morgan fingerprint density at radius 3 is 2.72 bits per heavy atom. The lowest BCUT2D eigenvalue weighted by Gasteiger charge is -2.24. The van der Waals surface area contributed by atoms with Crippen molar-refractivity contribution in [2.45, 2.75) is 25.8 Å². The van der Waals surface area contributed by atoms with Gasteiger partial charge in [-0.2, -0.15) is 5.10 Å². The van der Waals surface area contributed by atoms with Crippen molar-refractivity contribution in [1.29, 1.82) is 0 Å². The highest BCUT2D eigenvalue weighted by Gasteiger charge is 2.35. The number of aromatic nitrogens is 2. The molecule has 1 aliphatic heterocycles. The van der Waals surface area contributed by atoms with Crippen LogP contribution in [-0.4, -0.2) is 44.0 Å². The van der Waals surface area contributed by atoms with Crippen molar-refractivity contribution in [2.75, 3.05) is 11.9 Å². The largest absolute Gasteiger partial charge is 0.327 e. The number of aryl methyl sites for hydroxylation is 1. The number of carbonyl (C=O) groups is 2. The van der Waals surface area contributed by atoms with Gasteiger partial charge in [-0.1, -0.05) is 0 Å². The topological polar surface area (TPSA) is 110 Å². The van der Waals surface area contributed by atoms with E-state index < -0.39 is 22.7 Å². The summed E-state index contributed by atoms with van der Waals surface area (Å²) in [6.45, 7) is 1.95. The standard InChI is InChI=1S/C22H20FN5O4/c1-14-12-15(5-7-18(14)28(31)32)22(30)26-10-2-4-20(26)21(29)25-16-6-8-19(17(23)13-16)27-11-3-9-24-27/h3,5-9,11-13,20H,2,4,10H2,1H3,(H,25,29). The predicted molar refractivity (Wildman–Crippen MR) is 114 cm³/mol. The molecule has 1 aromatic heterocycles. The minimum atomic E-state index is -0.716. The molecule has 0 bridgehead atoms. The first-order valence-electron chi connectivity index (χ1n) is 10.0. The molecule has 0 radical (unpaired) electrons. The van der Waals surface area contributed by atoms with Crippen LogP contribution >= 0.6 is 0 Å². The van der Waals surface area contributed by atoms with Gasteiger partial charge in [0.1, 0.15) is 11.7 Å². The lowest BCUT2D eigenvalue weighted by Crippen LogP contribution is -2.43. The summed E-state index contributed by atoms with van der Waals surface area (Å²) < 4.78 is 15.8. The third-order valence-corrected chi connectivity index (χ3v) is 5.42. The molecule has 2 amide bonds. The molecule has 3 aromatic rings. The molecule has 4 rings (SSSR count). The summed E-state index contributed by atoms with van der Waals surface area (Å²) in [6.07, 6.45) is 4.26. The monoisotopic (exact) mass is 437 g/mol. The second kappa shape index (κ2) is 8.58. The van der Waals surface area contributed by atoms with Crippen LogP contribution in [0, 0.1) is 22.9 Å². The van der Waals surface area contributed by atoms with Gasteiger partial charge >= 0.3 is 0 Å². The van der Waals surface area contributed by atoms with Gasteiger partial charge in [-0.25, -0.2) is 9.07 Å². The first-order valence-corrected chi connectivity index (χ1v) is 10.0. The van der Waals surface area contributed by atoms with Gasteiger partial charge in [0.15, 0.2) is 5.82 Å². The van der Waals surface area contributed by atoms with Crippen molar-refractivity contribution in [2.24, 2.45) is 0 Å². The maximum Gasteiger partial charge on any atom is 0.272 e. The predicted octanol–water partition coefficient (Wildman–Crippen LogP) is 3.47. The number of nitrogens with zero attached hydrogens (tertiary/aromatic N) is 4. The number of rotatable bonds is 5. The van der Waals surface area contributed by atoms with E-state index in [0.717, 1.165) is 0 Å². The number of nitrogens with one attached hydrogen (secondary N) is 1. The van der Waals surface area contributed by atoms with Gasteiger partial charge in [-0.15, -0.1) is 0 Å². The van der Waals surface area contributed by atoms with Crippen LogP contribution in [0.4, 0.5) is 15.8 Å². The van der Waals surface area contributed by atoms with E-state index in [-0.39, 0.29) is 28.5 Å². The highest BCUT2D eigenvalue weighted by molar-refractivity contribution is 6.01. The summed E-state index contributed by atoms with van der Waals surface area (Å²) >= 11 is 0. The SMILES string of the molecule is Cc1cc(C(=O)N2CCCC2C(=O)Nc2ccc(-n3cccn3)c(F)c2)ccc1[N+](=O)[O-]. The molecule has 1 N–H and O–H groups in total. The maximum absolute atomic E-state index is 14.5. The van der Waals surface area contributed by atoms with E-state index in [1.54, 1.807) is 25.3 Å². The number of halogens is 1. The smallest absolute Gasteiger partial charge is 0.272 e. The van der Waals surface area contributed by atoms with Gasteiger partial charge in [-0.05, 0) is 56.2 Å². The number of amides is 2. The summed E-state index contributed by atoms with van der Waals surface area (Å²) in [7, 11) is 0. The highest BCUT2D eigenvalue weighted by Crippen LogP contribution is 2.25. The van der Waals surface area contributed by atoms with Crippen molar-refractivity contribution in [3.8, 4) is 5.69 Å². The average molecular weight is 437 g/mol. The quantitative estimate of drug-likeness (QED) is 0.485. The average Bonchev–Trinajstić information content (AvgIpc) is 3.45. The summed E-state index contributed by atoms with van der Waals surface area (Å²) in [5, 5.41) is 17.7. The van der Waals surface area contributed by atoms with E-state index in [1.165, 1.54) is 46.1 Å². The zero-order valence-electron chi connectivity index (χ0n) is 17.2. The molecule has 164 valence electrons. The van der Waals surface area contributed by atoms with Crippen LogP contribution in [0.2, 0.25) is 0 Å². The molecule has 1 fully saturated rings. The Hall–Kier alpha value is -4.08. The summed E-state index contributed by atoms with van der Waals surface area (Å²) in [4.78, 5) is 37.8. The van der Waals surface area contributed by atoms with Crippen LogP contribution in [0.3, 0.4) is 0 Å². The first kappa shape index (κ1) is 21.2. The summed E-state index contributed by atoms with van der Waals surface area (Å²) in [5.74, 6) is -1.34. The van der Waals surface area contributed by atoms with Crippen LogP contribution in [-0.2, 0) is 4.79 Å². The molecule has 32 heavy (non-hydrogen) atoms. The summed E-state index contributed by atoms with van der Waals surface area (Å²) in [5.41, 5.74) is 1.10. The molecule has 10 heteroatoms. The zero-order valence-corrected chi connectivity index (χ0v) is 17.2. The van der Waals surface area contributed by atoms with Gasteiger partial charge in [0.25, 0.3) is 11.6 Å². The Labute approximate surface area is 182 Å². The second-order valence-electron chi connectivity index (χ2n) is 7.52. The van der Waals surface area contributed by atoms with Crippen molar-refractivity contribution >= 4 is 23.2 Å². The van der Waals surface area contributed by atoms with Gasteiger partial charge in [0.05, 0.1) is 4.92 Å². The Balaban J connectivity index is 1.49. The minimum absolute atomic E-state index is 0.0714. The van der Waals surface area contributed by atoms with Crippen molar-refractivity contribution < 1.29 is 18.9 Å². The molecule has 0 spiro atoms. The third kappa shape index (κ3) is 4.07. The summed E-state index contributed by atoms with van der Waals surface area (Å²) in [6, 6.07) is 9.38. The Kier molecular flexibility index (Phi) is 5.67. The first-order chi connectivity index (χ1) is 15.3. The maximum atomic E-state index is 14.5. The van der Waals surface area contributed by atoms with Gasteiger partial charge < -0.3 is 10.2 Å². The number of anilines is 1. The number of hydrogen-bond donors (Lipinski definition) is 1. The van der Waals surface area contributed by atoms with Crippen molar-refractivity contribution in [3.05, 3.63) is 81.9 Å². The van der Waals surface area contributed by atoms with E-state index in [2.05, 4.69) is 10.4 Å². The van der Waals surface area contributed by atoms with Crippen LogP contribution in [0.5, 0.6) is 0 Å². The van der Waals surface area contributed by atoms with E-state index in [1.807, 2.05) is 0 Å². The Morgan fingerprint density at radius 1 is 1.25 bits per heavy atom. The fraction of sp³-hybridized carbons (Fsp3) is 0.227. The molecule has 2 aromatic carbocycles. The van der Waals surface area contributed by atoms with Crippen LogP contribution in [0.15, 0.2) is 54.9 Å². The lowest BCUT2D eigenvalue weighted by molar-refractivity contribution is -0.385. The molecule has 0 saturated carbocycles. The molecule has 1 atom stereocenters. The van der Waals surface area contributed by atoms with Gasteiger partial charge in [0, 0.05) is 41.8 Å². The molecule has 2 heterocycles. The minimum Gasteiger partial charge on any atom is -0.327 e. The Morgan fingerprint density at radius 2 is 2.06 bits per heavy atom. The molecule has 1 unspecified atom stereocenters. The van der Waals surface area contributed by atoms with E-state index in [0.29, 0.717) is 24.9 Å². The molecule has 9 nitrogen and oxygen atoms in total. The van der Waals surface area contributed by atoms with E-state index in [4.69, 9.17) is 0 Å². The molecule has 1 saturated heterocycles. The van der Waals surface area contributed by atoms with Crippen molar-refractivity contribution in [1.82, 2.24) is 14.7 Å². The highest BCUT2D eigenvalue weighted by atomic mass is 19.1. The molecular formula is C22H20FN5O4. The number of nitro benzene ring substituents is 1. The van der Waals surface area contributed by atoms with Crippen molar-refractivity contribution in [3.63, 3.8) is 0 Å². The van der Waals surface area contributed by atoms with Crippen LogP contribution in [0.25, 0.3) is 5.69 Å². The molecule has 0 aliphatic carbocycles. The molecule has 1 aliphatic rings. The van der Waals surface area contributed by atoms with Gasteiger partial charge in [-0.3, -0.25) is 19.7 Å². The van der Waals surface area contributed by atoms with Crippen LogP contribution in [0.1, 0.15) is 28.8 Å². The van der Waals surface area contributed by atoms with Crippen LogP contribution < -0.4 is 5.32 Å². The normalized spacial score (nSPS) is 15.6. The number of benzene rings is 2. The fourth-order valence-corrected chi connectivity index (χ4v) is 3.85. The number of hydrogen-bond acceptors (Lipinski definition) is 5. The van der Waals surface area contributed by atoms with Gasteiger partial charge in [0.2, 0.25) is 5.91 Å². The third-order valence-electron chi connectivity index (χ3n) is 5.42. The second-order valence-corrected chi connectivity index (χ2v) is 7.52. The van der Waals surface area contributed by atoms with E-state index >= 15 is 0 Å². The zero-order chi connectivity index (χ0) is 22.8. The number of carbonyl (C=O) groups excluding carboxylic acids is 2. The fourth-order valence-electron chi connectivity index (χ4n) is 3.85. The number of nitro groups is 1. The van der Waals surface area contributed by atoms with E-state index in [9.17, 15) is 24.1 Å². The number of likely N-dealkylation sites (tertiary alicyclic amines) is 1.